The van der Waals surface area contributed by atoms with Crippen LogP contribution < -0.4 is 0 Å². The minimum Gasteiger partial charge on any atom is -0.374 e. The second kappa shape index (κ2) is 5.26. The zero-order valence-corrected chi connectivity index (χ0v) is 12.9. The molecule has 0 unspecified atom stereocenters. The number of rotatable bonds is 2. The third-order valence-electron chi connectivity index (χ3n) is 4.27. The summed E-state index contributed by atoms with van der Waals surface area (Å²) in [6.45, 7) is 6.66. The number of fused-ring (bicyclic) bond motifs is 1. The van der Waals surface area contributed by atoms with Gasteiger partial charge in [-0.15, -0.1) is 0 Å². The van der Waals surface area contributed by atoms with Gasteiger partial charge in [-0.1, -0.05) is 37.3 Å². The van der Waals surface area contributed by atoms with E-state index >= 15 is 0 Å². The highest BCUT2D eigenvalue weighted by atomic mass is 16.5. The number of hydrogen-bond donors (Lipinski definition) is 0. The highest BCUT2D eigenvalue weighted by Crippen LogP contribution is 2.41. The fourth-order valence-corrected chi connectivity index (χ4v) is 3.18. The number of carbonyl (C=O) groups excluding carboxylic acids is 1. The number of hydrazone groups is 1. The number of nitrogens with zero attached hydrogens (tertiary/aromatic N) is 2. The zero-order valence-electron chi connectivity index (χ0n) is 12.9. The molecular formula is C17H22N2O2. The Bertz CT molecular complexity index is 565. The van der Waals surface area contributed by atoms with E-state index in [-0.39, 0.29) is 23.5 Å². The molecule has 1 amide bonds. The Kier molecular flexibility index (Phi) is 3.57. The van der Waals surface area contributed by atoms with Crippen molar-refractivity contribution in [1.29, 1.82) is 0 Å². The summed E-state index contributed by atoms with van der Waals surface area (Å²) in [5.74, 6) is 0.250. The SMILES string of the molecule is CCC(=O)N1N=C2CC(C)(C)OC[C@H]2[C@H]1c1ccccc1. The second-order valence-corrected chi connectivity index (χ2v) is 6.39. The molecule has 2 heterocycles. The number of ether oxygens (including phenoxy) is 1. The predicted molar refractivity (Wildman–Crippen MR) is 81.9 cm³/mol. The van der Waals surface area contributed by atoms with Gasteiger partial charge in [0.2, 0.25) is 5.91 Å². The molecule has 1 saturated heterocycles. The van der Waals surface area contributed by atoms with Crippen molar-refractivity contribution >= 4 is 11.6 Å². The fourth-order valence-electron chi connectivity index (χ4n) is 3.18. The van der Waals surface area contributed by atoms with Crippen molar-refractivity contribution in [2.45, 2.75) is 45.3 Å². The van der Waals surface area contributed by atoms with Gasteiger partial charge in [0.25, 0.3) is 0 Å². The van der Waals surface area contributed by atoms with Crippen LogP contribution in [-0.4, -0.2) is 28.8 Å². The lowest BCUT2D eigenvalue weighted by Crippen LogP contribution is -2.41. The quantitative estimate of drug-likeness (QED) is 0.838. The van der Waals surface area contributed by atoms with Gasteiger partial charge in [-0.05, 0) is 19.4 Å². The Balaban J connectivity index is 1.97. The van der Waals surface area contributed by atoms with E-state index in [1.54, 1.807) is 5.01 Å². The number of amides is 1. The average molecular weight is 286 g/mol. The number of carbonyl (C=O) groups is 1. The van der Waals surface area contributed by atoms with Crippen LogP contribution in [0.3, 0.4) is 0 Å². The van der Waals surface area contributed by atoms with Crippen molar-refractivity contribution in [3.8, 4) is 0 Å². The molecular weight excluding hydrogens is 264 g/mol. The monoisotopic (exact) mass is 286 g/mol. The number of benzene rings is 1. The van der Waals surface area contributed by atoms with Crippen LogP contribution in [-0.2, 0) is 9.53 Å². The van der Waals surface area contributed by atoms with Crippen molar-refractivity contribution in [2.24, 2.45) is 11.0 Å². The summed E-state index contributed by atoms with van der Waals surface area (Å²) < 4.78 is 5.97. The normalized spacial score (nSPS) is 27.2. The molecule has 1 aromatic carbocycles. The Hall–Kier alpha value is -1.68. The van der Waals surface area contributed by atoms with E-state index in [1.165, 1.54) is 0 Å². The van der Waals surface area contributed by atoms with Gasteiger partial charge in [0.05, 0.1) is 18.2 Å². The van der Waals surface area contributed by atoms with Crippen LogP contribution in [0, 0.1) is 5.92 Å². The first kappa shape index (κ1) is 14.3. The fraction of sp³-hybridized carbons (Fsp3) is 0.529. The molecule has 0 radical (unpaired) electrons. The van der Waals surface area contributed by atoms with Crippen LogP contribution in [0.4, 0.5) is 0 Å². The van der Waals surface area contributed by atoms with Gasteiger partial charge in [-0.2, -0.15) is 5.10 Å². The molecule has 0 saturated carbocycles. The standard InChI is InChI=1S/C17H22N2O2/c1-4-15(20)19-16(12-8-6-5-7-9-12)13-11-21-17(2,3)10-14(13)18-19/h5-9,13,16H,4,10-11H2,1-3H3/t13-,16-/m1/s1. The lowest BCUT2D eigenvalue weighted by atomic mass is 9.83. The first-order chi connectivity index (χ1) is 10.0. The van der Waals surface area contributed by atoms with Crippen LogP contribution in [0.2, 0.25) is 0 Å². The molecule has 4 nitrogen and oxygen atoms in total. The summed E-state index contributed by atoms with van der Waals surface area (Å²) in [6.07, 6.45) is 1.26. The molecule has 0 aliphatic carbocycles. The lowest BCUT2D eigenvalue weighted by molar-refractivity contribution is -0.133. The zero-order chi connectivity index (χ0) is 15.0. The first-order valence-corrected chi connectivity index (χ1v) is 7.60. The molecule has 1 aromatic rings. The Labute approximate surface area is 125 Å². The van der Waals surface area contributed by atoms with E-state index < -0.39 is 0 Å². The Morgan fingerprint density at radius 2 is 2.10 bits per heavy atom. The van der Waals surface area contributed by atoms with Gasteiger partial charge in [0.15, 0.2) is 0 Å². The van der Waals surface area contributed by atoms with E-state index in [4.69, 9.17) is 4.74 Å². The molecule has 2 aliphatic heterocycles. The minimum absolute atomic E-state index is 0.0234. The van der Waals surface area contributed by atoms with E-state index in [2.05, 4.69) is 31.1 Å². The van der Waals surface area contributed by atoms with E-state index in [9.17, 15) is 4.79 Å². The largest absolute Gasteiger partial charge is 0.374 e. The van der Waals surface area contributed by atoms with Crippen molar-refractivity contribution in [1.82, 2.24) is 5.01 Å². The molecule has 2 atom stereocenters. The summed E-state index contributed by atoms with van der Waals surface area (Å²) in [7, 11) is 0. The van der Waals surface area contributed by atoms with Gasteiger partial charge in [0.1, 0.15) is 0 Å². The molecule has 0 spiro atoms. The van der Waals surface area contributed by atoms with Crippen LogP contribution in [0.25, 0.3) is 0 Å². The molecule has 1 fully saturated rings. The van der Waals surface area contributed by atoms with Gasteiger partial charge in [-0.3, -0.25) is 4.79 Å². The molecule has 0 N–H and O–H groups in total. The maximum atomic E-state index is 12.3. The molecule has 3 rings (SSSR count). The highest BCUT2D eigenvalue weighted by molar-refractivity contribution is 5.93. The van der Waals surface area contributed by atoms with Crippen molar-refractivity contribution in [3.63, 3.8) is 0 Å². The smallest absolute Gasteiger partial charge is 0.242 e. The molecule has 4 heteroatoms. The summed E-state index contributed by atoms with van der Waals surface area (Å²) in [5, 5.41) is 6.34. The highest BCUT2D eigenvalue weighted by Gasteiger charge is 2.45. The first-order valence-electron chi connectivity index (χ1n) is 7.60. The van der Waals surface area contributed by atoms with Crippen molar-refractivity contribution in [2.75, 3.05) is 6.61 Å². The van der Waals surface area contributed by atoms with Gasteiger partial charge in [-0.25, -0.2) is 5.01 Å². The van der Waals surface area contributed by atoms with Crippen LogP contribution in [0.15, 0.2) is 35.4 Å². The summed E-state index contributed by atoms with van der Waals surface area (Å²) in [5.41, 5.74) is 2.04. The predicted octanol–water partition coefficient (Wildman–Crippen LogP) is 3.15. The van der Waals surface area contributed by atoms with Crippen molar-refractivity contribution < 1.29 is 9.53 Å². The third-order valence-corrected chi connectivity index (χ3v) is 4.27. The van der Waals surface area contributed by atoms with E-state index in [1.807, 2.05) is 25.1 Å². The maximum absolute atomic E-state index is 12.3. The average Bonchev–Trinajstić information content (AvgIpc) is 2.84. The molecule has 21 heavy (non-hydrogen) atoms. The van der Waals surface area contributed by atoms with Crippen LogP contribution in [0.1, 0.15) is 45.2 Å². The van der Waals surface area contributed by atoms with Gasteiger partial charge in [0, 0.05) is 24.5 Å². The maximum Gasteiger partial charge on any atom is 0.242 e. The molecule has 2 aliphatic rings. The molecule has 112 valence electrons. The Morgan fingerprint density at radius 3 is 2.76 bits per heavy atom. The van der Waals surface area contributed by atoms with E-state index in [0.717, 1.165) is 17.7 Å². The second-order valence-electron chi connectivity index (χ2n) is 6.39. The minimum atomic E-state index is -0.193. The third kappa shape index (κ3) is 2.60. The van der Waals surface area contributed by atoms with Gasteiger partial charge < -0.3 is 4.74 Å². The molecule has 0 bridgehead atoms. The number of hydrogen-bond acceptors (Lipinski definition) is 3. The van der Waals surface area contributed by atoms with E-state index in [0.29, 0.717) is 13.0 Å². The van der Waals surface area contributed by atoms with Crippen molar-refractivity contribution in [3.05, 3.63) is 35.9 Å². The van der Waals surface area contributed by atoms with Crippen LogP contribution in [0.5, 0.6) is 0 Å². The topological polar surface area (TPSA) is 41.9 Å². The lowest BCUT2D eigenvalue weighted by Gasteiger charge is -2.35. The summed E-state index contributed by atoms with van der Waals surface area (Å²) in [4.78, 5) is 12.3. The van der Waals surface area contributed by atoms with Gasteiger partial charge >= 0.3 is 0 Å². The Morgan fingerprint density at radius 1 is 1.38 bits per heavy atom. The van der Waals surface area contributed by atoms with Crippen LogP contribution >= 0.6 is 0 Å². The molecule has 0 aromatic heterocycles. The summed E-state index contributed by atoms with van der Waals surface area (Å²) >= 11 is 0. The summed E-state index contributed by atoms with van der Waals surface area (Å²) in [6, 6.07) is 10.1.